The summed E-state index contributed by atoms with van der Waals surface area (Å²) in [5.74, 6) is 2.79. The van der Waals surface area contributed by atoms with E-state index in [1.807, 2.05) is 0 Å². The molecule has 3 atom stereocenters. The zero-order valence-electron chi connectivity index (χ0n) is 8.59. The molecule has 1 N–H and O–H groups in total. The largest absolute Gasteiger partial charge is 0.381 e. The zero-order valence-corrected chi connectivity index (χ0v) is 8.59. The molecule has 0 aromatic carbocycles. The van der Waals surface area contributed by atoms with Gasteiger partial charge in [-0.05, 0) is 30.1 Å². The lowest BCUT2D eigenvalue weighted by molar-refractivity contribution is 0.252. The molecule has 2 rings (SSSR count). The van der Waals surface area contributed by atoms with Crippen LogP contribution in [0.15, 0.2) is 0 Å². The highest BCUT2D eigenvalue weighted by Gasteiger charge is 2.65. The van der Waals surface area contributed by atoms with E-state index in [2.05, 4.69) is 30.7 Å². The molecule has 2 heteroatoms. The summed E-state index contributed by atoms with van der Waals surface area (Å²) in [5.41, 5.74) is 1.00. The maximum absolute atomic E-state index is 9.02. The monoisotopic (exact) mass is 179 g/mol. The van der Waals surface area contributed by atoms with Crippen molar-refractivity contribution >= 4 is 0 Å². The van der Waals surface area contributed by atoms with Crippen LogP contribution in [0.1, 0.15) is 27.2 Å². The minimum Gasteiger partial charge on any atom is -0.381 e. The molecule has 1 saturated carbocycles. The number of hydrogen-bond donors (Lipinski definition) is 1. The third-order valence-electron chi connectivity index (χ3n) is 3.62. The molecule has 0 radical (unpaired) electrons. The van der Waals surface area contributed by atoms with Gasteiger partial charge in [0.05, 0.1) is 0 Å². The number of nitrogens with zero attached hydrogens (tertiary/aromatic N) is 1. The first-order valence-corrected chi connectivity index (χ1v) is 4.89. The van der Waals surface area contributed by atoms with Crippen molar-refractivity contribution in [2.75, 3.05) is 13.1 Å². The molecule has 1 aliphatic heterocycles. The highest BCUT2D eigenvalue weighted by molar-refractivity contribution is 5.20. The van der Waals surface area contributed by atoms with Crippen molar-refractivity contribution in [3.05, 3.63) is 0 Å². The minimum absolute atomic E-state index is 0.500. The van der Waals surface area contributed by atoms with Crippen LogP contribution in [0.4, 0.5) is 0 Å². The zero-order chi connectivity index (χ0) is 9.69. The maximum Gasteiger partial charge on any atom is 0.113 e. The Morgan fingerprint density at radius 3 is 2.31 bits per heavy atom. The van der Waals surface area contributed by atoms with Crippen molar-refractivity contribution in [3.63, 3.8) is 0 Å². The SMILES string of the molecule is CC(O)C#CN1CC2(C)CC2(C)C1. The molecule has 2 fully saturated rings. The Kier molecular flexibility index (Phi) is 1.66. The molecular formula is C11H17NO. The minimum atomic E-state index is -0.502. The van der Waals surface area contributed by atoms with E-state index >= 15 is 0 Å². The number of aliphatic hydroxyl groups excluding tert-OH is 1. The van der Waals surface area contributed by atoms with Crippen LogP contribution < -0.4 is 0 Å². The summed E-state index contributed by atoms with van der Waals surface area (Å²) in [6.07, 6.45) is 0.838. The molecule has 0 aromatic rings. The normalized spacial score (nSPS) is 43.5. The Labute approximate surface area is 79.9 Å². The second-order valence-corrected chi connectivity index (χ2v) is 5.09. The summed E-state index contributed by atoms with van der Waals surface area (Å²) >= 11 is 0. The Bertz CT molecular complexity index is 272. The lowest BCUT2D eigenvalue weighted by Crippen LogP contribution is -2.20. The molecule has 2 aliphatic rings. The molecule has 1 heterocycles. The van der Waals surface area contributed by atoms with Crippen LogP contribution in [-0.4, -0.2) is 29.2 Å². The molecule has 72 valence electrons. The summed E-state index contributed by atoms with van der Waals surface area (Å²) in [6, 6.07) is 3.03. The Morgan fingerprint density at radius 2 is 1.85 bits per heavy atom. The van der Waals surface area contributed by atoms with Crippen LogP contribution in [-0.2, 0) is 0 Å². The summed E-state index contributed by atoms with van der Waals surface area (Å²) in [5, 5.41) is 9.02. The maximum atomic E-state index is 9.02. The quantitative estimate of drug-likeness (QED) is 0.562. The average Bonchev–Trinajstić information content (AvgIpc) is 2.39. The summed E-state index contributed by atoms with van der Waals surface area (Å²) in [7, 11) is 0. The van der Waals surface area contributed by atoms with Gasteiger partial charge in [-0.1, -0.05) is 13.8 Å². The number of aliphatic hydroxyl groups is 1. The summed E-state index contributed by atoms with van der Waals surface area (Å²) in [4.78, 5) is 2.15. The fourth-order valence-corrected chi connectivity index (χ4v) is 2.47. The van der Waals surface area contributed by atoms with Crippen molar-refractivity contribution in [2.45, 2.75) is 33.3 Å². The van der Waals surface area contributed by atoms with Gasteiger partial charge in [-0.3, -0.25) is 0 Å². The molecule has 0 aromatic heterocycles. The molecule has 2 nitrogen and oxygen atoms in total. The number of piperidine rings is 1. The van der Waals surface area contributed by atoms with Crippen molar-refractivity contribution in [2.24, 2.45) is 10.8 Å². The molecular weight excluding hydrogens is 162 g/mol. The lowest BCUT2D eigenvalue weighted by Gasteiger charge is -2.13. The average molecular weight is 179 g/mol. The van der Waals surface area contributed by atoms with Crippen LogP contribution in [0, 0.1) is 22.8 Å². The van der Waals surface area contributed by atoms with Gasteiger partial charge in [-0.15, -0.1) is 0 Å². The van der Waals surface area contributed by atoms with Gasteiger partial charge in [0, 0.05) is 19.1 Å². The van der Waals surface area contributed by atoms with Gasteiger partial charge in [0.1, 0.15) is 6.10 Å². The van der Waals surface area contributed by atoms with Gasteiger partial charge < -0.3 is 10.0 Å². The molecule has 0 amide bonds. The number of likely N-dealkylation sites (tertiary alicyclic amines) is 1. The van der Waals surface area contributed by atoms with Crippen molar-refractivity contribution < 1.29 is 5.11 Å². The summed E-state index contributed by atoms with van der Waals surface area (Å²) < 4.78 is 0. The van der Waals surface area contributed by atoms with E-state index in [0.29, 0.717) is 10.8 Å². The van der Waals surface area contributed by atoms with Crippen LogP contribution >= 0.6 is 0 Å². The Hall–Kier alpha value is -0.680. The van der Waals surface area contributed by atoms with E-state index in [1.54, 1.807) is 6.92 Å². The molecule has 3 unspecified atom stereocenters. The van der Waals surface area contributed by atoms with E-state index in [-0.39, 0.29) is 0 Å². The fraction of sp³-hybridized carbons (Fsp3) is 0.818. The molecule has 0 bridgehead atoms. The van der Waals surface area contributed by atoms with Crippen LogP contribution in [0.5, 0.6) is 0 Å². The predicted molar refractivity (Wildman–Crippen MR) is 51.9 cm³/mol. The van der Waals surface area contributed by atoms with Crippen LogP contribution in [0.25, 0.3) is 0 Å². The lowest BCUT2D eigenvalue weighted by atomic mass is 10.0. The predicted octanol–water partition coefficient (Wildman–Crippen LogP) is 1.06. The van der Waals surface area contributed by atoms with Gasteiger partial charge >= 0.3 is 0 Å². The first kappa shape index (κ1) is 8.90. The Morgan fingerprint density at radius 1 is 1.31 bits per heavy atom. The Balaban J connectivity index is 1.99. The van der Waals surface area contributed by atoms with E-state index in [9.17, 15) is 0 Å². The highest BCUT2D eigenvalue weighted by atomic mass is 16.3. The number of fused-ring (bicyclic) bond motifs is 1. The van der Waals surface area contributed by atoms with Crippen molar-refractivity contribution in [1.29, 1.82) is 0 Å². The second kappa shape index (κ2) is 2.42. The number of hydrogen-bond acceptors (Lipinski definition) is 2. The molecule has 0 spiro atoms. The van der Waals surface area contributed by atoms with E-state index < -0.39 is 6.10 Å². The van der Waals surface area contributed by atoms with E-state index in [4.69, 9.17) is 5.11 Å². The van der Waals surface area contributed by atoms with E-state index in [1.165, 1.54) is 6.42 Å². The smallest absolute Gasteiger partial charge is 0.113 e. The molecule has 1 saturated heterocycles. The first-order chi connectivity index (χ1) is 5.95. The van der Waals surface area contributed by atoms with Crippen molar-refractivity contribution in [3.8, 4) is 12.0 Å². The van der Waals surface area contributed by atoms with Gasteiger partial charge in [0.2, 0.25) is 0 Å². The number of rotatable bonds is 0. The second-order valence-electron chi connectivity index (χ2n) is 5.09. The topological polar surface area (TPSA) is 23.5 Å². The van der Waals surface area contributed by atoms with Gasteiger partial charge in [0.15, 0.2) is 0 Å². The van der Waals surface area contributed by atoms with Crippen molar-refractivity contribution in [1.82, 2.24) is 4.90 Å². The van der Waals surface area contributed by atoms with Crippen LogP contribution in [0.2, 0.25) is 0 Å². The molecule has 13 heavy (non-hydrogen) atoms. The highest BCUT2D eigenvalue weighted by Crippen LogP contribution is 2.67. The summed E-state index contributed by atoms with van der Waals surface area (Å²) in [6.45, 7) is 8.51. The molecule has 1 aliphatic carbocycles. The van der Waals surface area contributed by atoms with Gasteiger partial charge in [0.25, 0.3) is 0 Å². The van der Waals surface area contributed by atoms with Gasteiger partial charge in [-0.2, -0.15) is 0 Å². The first-order valence-electron chi connectivity index (χ1n) is 4.89. The van der Waals surface area contributed by atoms with Crippen LogP contribution in [0.3, 0.4) is 0 Å². The third-order valence-corrected chi connectivity index (χ3v) is 3.62. The standard InChI is InChI=1S/C11H17NO/c1-9(13)4-5-12-7-10(2)6-11(10,3)8-12/h9,13H,6-8H2,1-3H3. The van der Waals surface area contributed by atoms with E-state index in [0.717, 1.165) is 13.1 Å². The fourth-order valence-electron chi connectivity index (χ4n) is 2.47. The third kappa shape index (κ3) is 1.32. The van der Waals surface area contributed by atoms with Gasteiger partial charge in [-0.25, -0.2) is 0 Å².